The van der Waals surface area contributed by atoms with Crippen LogP contribution in [0.15, 0.2) is 24.3 Å². The Morgan fingerprint density at radius 1 is 1.32 bits per heavy atom. The minimum atomic E-state index is -2.87. The Hall–Kier alpha value is -1.48. The molecule has 0 aliphatic carbocycles. The van der Waals surface area contributed by atoms with Gasteiger partial charge in [-0.2, -0.15) is 8.78 Å². The number of alkyl halides is 2. The molecule has 6 nitrogen and oxygen atoms in total. The molecule has 9 heteroatoms. The summed E-state index contributed by atoms with van der Waals surface area (Å²) in [6.45, 7) is -1.05. The number of piperidine rings is 1. The molecule has 0 radical (unpaired) electrons. The number of hydrazine groups is 1. The van der Waals surface area contributed by atoms with Crippen LogP contribution in [0.1, 0.15) is 24.4 Å². The molecule has 0 aromatic heterocycles. The van der Waals surface area contributed by atoms with Crippen LogP contribution in [0, 0.1) is 5.92 Å². The maximum atomic E-state index is 12.8. The molecular weight excluding hydrogens is 354 g/mol. The minimum absolute atomic E-state index is 0. The summed E-state index contributed by atoms with van der Waals surface area (Å²) < 4.78 is 29.2. The Balaban J connectivity index is 0.00000225. The fourth-order valence-corrected chi connectivity index (χ4v) is 3.28. The Bertz CT molecular complexity index is 585. The second-order valence-corrected chi connectivity index (χ2v) is 6.22. The van der Waals surface area contributed by atoms with Crippen LogP contribution in [0.2, 0.25) is 0 Å². The number of hydrogen-bond acceptors (Lipinski definition) is 5. The molecule has 2 aliphatic rings. The zero-order chi connectivity index (χ0) is 17.1. The molecule has 2 fully saturated rings. The van der Waals surface area contributed by atoms with Crippen LogP contribution in [-0.4, -0.2) is 43.1 Å². The standard InChI is InChI=1S/C16H22F2N4O2.ClH/c17-16(18)24-12-3-1-2-10(8-12)14-13(9-20-21-14)15(23)22-6-4-11(19)5-7-22;/h1-3,8,11,13-14,16,20-21H,4-7,9,19H2;1H. The monoisotopic (exact) mass is 376 g/mol. The molecule has 3 rings (SSSR count). The van der Waals surface area contributed by atoms with E-state index in [9.17, 15) is 13.6 Å². The molecule has 1 aromatic carbocycles. The number of amides is 1. The number of rotatable bonds is 4. The van der Waals surface area contributed by atoms with Crippen molar-refractivity contribution < 1.29 is 18.3 Å². The number of likely N-dealkylation sites (tertiary alicyclic amines) is 1. The van der Waals surface area contributed by atoms with Gasteiger partial charge in [-0.25, -0.2) is 5.43 Å². The number of carbonyl (C=O) groups is 1. The van der Waals surface area contributed by atoms with E-state index in [1.165, 1.54) is 6.07 Å². The summed E-state index contributed by atoms with van der Waals surface area (Å²) in [5.74, 6) is -0.142. The predicted octanol–water partition coefficient (Wildman–Crippen LogP) is 1.42. The van der Waals surface area contributed by atoms with Gasteiger partial charge in [0.15, 0.2) is 0 Å². The van der Waals surface area contributed by atoms with Crippen molar-refractivity contribution in [2.75, 3.05) is 19.6 Å². The topological polar surface area (TPSA) is 79.6 Å². The minimum Gasteiger partial charge on any atom is -0.435 e. The number of hydrogen-bond donors (Lipinski definition) is 3. The van der Waals surface area contributed by atoms with E-state index in [-0.39, 0.29) is 42.1 Å². The zero-order valence-electron chi connectivity index (χ0n) is 13.7. The molecule has 4 N–H and O–H groups in total. The summed E-state index contributed by atoms with van der Waals surface area (Å²) in [5, 5.41) is 0. The summed E-state index contributed by atoms with van der Waals surface area (Å²) in [5.41, 5.74) is 12.7. The van der Waals surface area contributed by atoms with Gasteiger partial charge in [-0.05, 0) is 30.5 Å². The molecule has 2 atom stereocenters. The Labute approximate surface area is 151 Å². The number of nitrogens with two attached hydrogens (primary N) is 1. The highest BCUT2D eigenvalue weighted by atomic mass is 35.5. The molecule has 1 aromatic rings. The lowest BCUT2D eigenvalue weighted by molar-refractivity contribution is -0.136. The van der Waals surface area contributed by atoms with Gasteiger partial charge < -0.3 is 15.4 Å². The molecule has 1 amide bonds. The molecule has 140 valence electrons. The Morgan fingerprint density at radius 2 is 2.04 bits per heavy atom. The molecule has 2 saturated heterocycles. The molecular formula is C16H23ClF2N4O2. The van der Waals surface area contributed by atoms with Crippen molar-refractivity contribution in [3.05, 3.63) is 29.8 Å². The largest absolute Gasteiger partial charge is 0.435 e. The van der Waals surface area contributed by atoms with Crippen molar-refractivity contribution in [3.63, 3.8) is 0 Å². The zero-order valence-corrected chi connectivity index (χ0v) is 14.5. The highest BCUT2D eigenvalue weighted by Gasteiger charge is 2.37. The van der Waals surface area contributed by atoms with Crippen LogP contribution in [0.25, 0.3) is 0 Å². The van der Waals surface area contributed by atoms with E-state index < -0.39 is 6.61 Å². The van der Waals surface area contributed by atoms with Crippen molar-refractivity contribution in [2.45, 2.75) is 31.5 Å². The highest BCUT2D eigenvalue weighted by molar-refractivity contribution is 5.85. The van der Waals surface area contributed by atoms with Crippen molar-refractivity contribution in [1.29, 1.82) is 0 Å². The van der Waals surface area contributed by atoms with E-state index in [0.717, 1.165) is 18.4 Å². The normalized spacial score (nSPS) is 24.2. The van der Waals surface area contributed by atoms with Gasteiger partial charge in [0.05, 0.1) is 12.0 Å². The molecule has 0 bridgehead atoms. The third-order valence-electron chi connectivity index (χ3n) is 4.59. The summed E-state index contributed by atoms with van der Waals surface area (Å²) in [6, 6.07) is 6.34. The van der Waals surface area contributed by atoms with Gasteiger partial charge in [0.25, 0.3) is 0 Å². The van der Waals surface area contributed by atoms with E-state index in [4.69, 9.17) is 5.73 Å². The molecule has 0 spiro atoms. The van der Waals surface area contributed by atoms with Gasteiger partial charge in [0, 0.05) is 25.7 Å². The lowest BCUT2D eigenvalue weighted by Gasteiger charge is -2.33. The molecule has 2 heterocycles. The number of nitrogens with one attached hydrogen (secondary N) is 2. The van der Waals surface area contributed by atoms with Crippen molar-refractivity contribution in [2.24, 2.45) is 11.7 Å². The summed E-state index contributed by atoms with van der Waals surface area (Å²) in [4.78, 5) is 14.6. The first kappa shape index (κ1) is 19.8. The predicted molar refractivity (Wildman–Crippen MR) is 91.5 cm³/mol. The fraction of sp³-hybridized carbons (Fsp3) is 0.562. The third-order valence-corrected chi connectivity index (χ3v) is 4.59. The van der Waals surface area contributed by atoms with Gasteiger partial charge in [-0.3, -0.25) is 10.2 Å². The second-order valence-electron chi connectivity index (χ2n) is 6.22. The lowest BCUT2D eigenvalue weighted by atomic mass is 9.92. The van der Waals surface area contributed by atoms with Gasteiger partial charge in [-0.15, -0.1) is 12.4 Å². The second kappa shape index (κ2) is 8.75. The lowest BCUT2D eigenvalue weighted by Crippen LogP contribution is -2.46. The van der Waals surface area contributed by atoms with Crippen molar-refractivity contribution in [1.82, 2.24) is 15.8 Å². The summed E-state index contributed by atoms with van der Waals surface area (Å²) in [7, 11) is 0. The van der Waals surface area contributed by atoms with Gasteiger partial charge >= 0.3 is 6.61 Å². The number of ether oxygens (including phenoxy) is 1. The first-order valence-electron chi connectivity index (χ1n) is 8.12. The maximum absolute atomic E-state index is 12.8. The van der Waals surface area contributed by atoms with Gasteiger partial charge in [-0.1, -0.05) is 12.1 Å². The summed E-state index contributed by atoms with van der Waals surface area (Å²) in [6.07, 6.45) is 1.61. The molecule has 0 saturated carbocycles. The Kier molecular flexibility index (Phi) is 6.95. The van der Waals surface area contributed by atoms with E-state index in [0.29, 0.717) is 19.6 Å². The van der Waals surface area contributed by atoms with Gasteiger partial charge in [0.1, 0.15) is 5.75 Å². The first-order chi connectivity index (χ1) is 11.5. The van der Waals surface area contributed by atoms with E-state index >= 15 is 0 Å². The number of carbonyl (C=O) groups excluding carboxylic acids is 1. The molecule has 25 heavy (non-hydrogen) atoms. The van der Waals surface area contributed by atoms with Crippen LogP contribution in [-0.2, 0) is 4.79 Å². The molecule has 2 aliphatic heterocycles. The van der Waals surface area contributed by atoms with Crippen LogP contribution >= 0.6 is 12.4 Å². The van der Waals surface area contributed by atoms with E-state index in [1.54, 1.807) is 18.2 Å². The number of halogens is 3. The van der Waals surface area contributed by atoms with E-state index in [2.05, 4.69) is 15.6 Å². The smallest absolute Gasteiger partial charge is 0.387 e. The van der Waals surface area contributed by atoms with Crippen LogP contribution in [0.5, 0.6) is 5.75 Å². The maximum Gasteiger partial charge on any atom is 0.387 e. The quantitative estimate of drug-likeness (QED) is 0.740. The first-order valence-corrected chi connectivity index (χ1v) is 8.12. The Morgan fingerprint density at radius 3 is 2.72 bits per heavy atom. The average molecular weight is 377 g/mol. The number of benzene rings is 1. The molecule has 2 unspecified atom stereocenters. The SMILES string of the molecule is Cl.NC1CCN(C(=O)C2CNNC2c2cccc(OC(F)F)c2)CC1. The average Bonchev–Trinajstić information content (AvgIpc) is 3.04. The van der Waals surface area contributed by atoms with Gasteiger partial charge in [0.2, 0.25) is 5.91 Å². The fourth-order valence-electron chi connectivity index (χ4n) is 3.28. The third kappa shape index (κ3) is 4.78. The van der Waals surface area contributed by atoms with E-state index in [1.807, 2.05) is 4.90 Å². The van der Waals surface area contributed by atoms with Crippen LogP contribution in [0.3, 0.4) is 0 Å². The van der Waals surface area contributed by atoms with Crippen molar-refractivity contribution in [3.8, 4) is 5.75 Å². The van der Waals surface area contributed by atoms with Crippen LogP contribution < -0.4 is 21.3 Å². The van der Waals surface area contributed by atoms with Crippen molar-refractivity contribution >= 4 is 18.3 Å². The van der Waals surface area contributed by atoms with Crippen LogP contribution in [0.4, 0.5) is 8.78 Å². The summed E-state index contributed by atoms with van der Waals surface area (Å²) >= 11 is 0. The highest BCUT2D eigenvalue weighted by Crippen LogP contribution is 2.30. The number of nitrogens with zero attached hydrogens (tertiary/aromatic N) is 1.